The number of phenolic OH excluding ortho intramolecular Hbond substituents is 1. The third-order valence-corrected chi connectivity index (χ3v) is 10.8. The molecule has 1 N–H and O–H groups in total. The highest BCUT2D eigenvalue weighted by Gasteiger charge is 2.38. The Morgan fingerprint density at radius 1 is 0.902 bits per heavy atom. The van der Waals surface area contributed by atoms with Crippen molar-refractivity contribution in [1.29, 1.82) is 0 Å². The zero-order chi connectivity index (χ0) is 29.0. The summed E-state index contributed by atoms with van der Waals surface area (Å²) in [6.45, 7) is 13.6. The van der Waals surface area contributed by atoms with Crippen LogP contribution in [0, 0.1) is 51.4 Å². The molecule has 0 heterocycles. The maximum absolute atomic E-state index is 13.5. The lowest BCUT2D eigenvalue weighted by molar-refractivity contribution is 0.0856. The number of fused-ring (bicyclic) bond motifs is 2. The predicted molar refractivity (Wildman–Crippen MR) is 171 cm³/mol. The second kappa shape index (κ2) is 10.9. The van der Waals surface area contributed by atoms with Crippen molar-refractivity contribution in [3.63, 3.8) is 0 Å². The molecule has 2 atom stereocenters. The first-order chi connectivity index (χ1) is 19.6. The van der Waals surface area contributed by atoms with E-state index in [0.29, 0.717) is 23.4 Å². The quantitative estimate of drug-likeness (QED) is 0.334. The molecule has 3 aliphatic rings. The normalized spacial score (nSPS) is 22.4. The third kappa shape index (κ3) is 5.20. The van der Waals surface area contributed by atoms with Crippen LogP contribution in [-0.2, 0) is 25.7 Å². The summed E-state index contributed by atoms with van der Waals surface area (Å²) in [6.07, 6.45) is 10.8. The van der Waals surface area contributed by atoms with Gasteiger partial charge in [-0.15, -0.1) is 0 Å². The van der Waals surface area contributed by atoms with Gasteiger partial charge in [0.2, 0.25) is 0 Å². The molecule has 41 heavy (non-hydrogen) atoms. The SMILES string of the molecule is Cc1cc(C)c(C)c(CC(C)Cc2cccc(O)c2C2=Cc3cc4c(cc3C2)CC(C2CCC(C)CC2)C4=O)c1C. The molecule has 0 amide bonds. The Kier molecular flexibility index (Phi) is 7.47. The molecule has 0 spiro atoms. The number of hydrogen-bond acceptors (Lipinski definition) is 2. The second-order valence-electron chi connectivity index (χ2n) is 13.8. The molecule has 6 rings (SSSR count). The number of rotatable bonds is 6. The Labute approximate surface area is 246 Å². The summed E-state index contributed by atoms with van der Waals surface area (Å²) in [6, 6.07) is 12.8. The number of Topliss-reactive ketones (excluding diaryl/α,β-unsaturated/α-hetero) is 1. The van der Waals surface area contributed by atoms with Gasteiger partial charge in [-0.3, -0.25) is 4.79 Å². The van der Waals surface area contributed by atoms with Gasteiger partial charge >= 0.3 is 0 Å². The van der Waals surface area contributed by atoms with Gasteiger partial charge in [-0.25, -0.2) is 0 Å². The van der Waals surface area contributed by atoms with Crippen molar-refractivity contribution in [2.45, 2.75) is 92.9 Å². The fourth-order valence-electron chi connectivity index (χ4n) is 8.13. The molecular formula is C39H46O2. The van der Waals surface area contributed by atoms with Crippen LogP contribution in [0.2, 0.25) is 0 Å². The fraction of sp³-hybridized carbons (Fsp3) is 0.462. The molecule has 3 aromatic carbocycles. The molecule has 1 fully saturated rings. The van der Waals surface area contributed by atoms with E-state index in [9.17, 15) is 9.90 Å². The largest absolute Gasteiger partial charge is 0.507 e. The highest BCUT2D eigenvalue weighted by atomic mass is 16.3. The van der Waals surface area contributed by atoms with Crippen molar-refractivity contribution in [3.05, 3.63) is 97.6 Å². The topological polar surface area (TPSA) is 37.3 Å². The van der Waals surface area contributed by atoms with Crippen LogP contribution < -0.4 is 0 Å². The van der Waals surface area contributed by atoms with Gasteiger partial charge in [0.15, 0.2) is 5.78 Å². The molecule has 214 valence electrons. The number of benzene rings is 3. The van der Waals surface area contributed by atoms with Crippen LogP contribution in [0.1, 0.15) is 106 Å². The standard InChI is InChI=1S/C39H46O2/c1-22-10-12-28(13-11-22)35-21-32-17-30-18-33(19-31(30)20-36(32)39(35)41)38-29(8-7-9-37(38)40)14-23(2)15-34-26(5)24(3)16-25(4)27(34)6/h7-9,16-17,19-20,22-23,28,35,40H,10-15,18,21H2,1-6H3. The lowest BCUT2D eigenvalue weighted by Crippen LogP contribution is -2.25. The molecule has 3 aromatic rings. The van der Waals surface area contributed by atoms with E-state index in [0.717, 1.165) is 48.3 Å². The van der Waals surface area contributed by atoms with E-state index in [-0.39, 0.29) is 5.92 Å². The first-order valence-electron chi connectivity index (χ1n) is 15.9. The van der Waals surface area contributed by atoms with Gasteiger partial charge in [-0.1, -0.05) is 57.0 Å². The number of carbonyl (C=O) groups excluding carboxylic acids is 1. The Morgan fingerprint density at radius 3 is 2.32 bits per heavy atom. The first kappa shape index (κ1) is 28.0. The molecule has 0 aliphatic heterocycles. The molecule has 2 nitrogen and oxygen atoms in total. The van der Waals surface area contributed by atoms with E-state index in [1.54, 1.807) is 0 Å². The van der Waals surface area contributed by atoms with E-state index in [4.69, 9.17) is 0 Å². The lowest BCUT2D eigenvalue weighted by atomic mass is 9.75. The van der Waals surface area contributed by atoms with Crippen molar-refractivity contribution >= 4 is 17.4 Å². The summed E-state index contributed by atoms with van der Waals surface area (Å²) in [7, 11) is 0. The number of hydrogen-bond donors (Lipinski definition) is 1. The molecule has 2 unspecified atom stereocenters. The van der Waals surface area contributed by atoms with Gasteiger partial charge in [0.1, 0.15) is 5.75 Å². The zero-order valence-corrected chi connectivity index (χ0v) is 25.9. The number of aryl methyl sites for hydroxylation is 2. The Morgan fingerprint density at radius 2 is 1.61 bits per heavy atom. The number of carbonyl (C=O) groups is 1. The van der Waals surface area contributed by atoms with Crippen molar-refractivity contribution in [1.82, 2.24) is 0 Å². The molecule has 3 aliphatic carbocycles. The van der Waals surface area contributed by atoms with Crippen LogP contribution in [0.5, 0.6) is 5.75 Å². The van der Waals surface area contributed by atoms with Crippen LogP contribution in [0.3, 0.4) is 0 Å². The maximum Gasteiger partial charge on any atom is 0.166 e. The van der Waals surface area contributed by atoms with E-state index < -0.39 is 0 Å². The molecule has 0 saturated heterocycles. The molecule has 2 heteroatoms. The Balaban J connectivity index is 1.24. The molecule has 1 saturated carbocycles. The minimum Gasteiger partial charge on any atom is -0.507 e. The average Bonchev–Trinajstić information content (AvgIpc) is 3.49. The summed E-state index contributed by atoms with van der Waals surface area (Å²) >= 11 is 0. The van der Waals surface area contributed by atoms with Crippen LogP contribution in [0.15, 0.2) is 36.4 Å². The number of ketones is 1. The van der Waals surface area contributed by atoms with Crippen LogP contribution in [-0.4, -0.2) is 10.9 Å². The predicted octanol–water partition coefficient (Wildman–Crippen LogP) is 9.33. The molecule has 0 bridgehead atoms. The maximum atomic E-state index is 13.5. The van der Waals surface area contributed by atoms with E-state index in [2.05, 4.69) is 71.9 Å². The van der Waals surface area contributed by atoms with Gasteiger partial charge < -0.3 is 5.11 Å². The van der Waals surface area contributed by atoms with Crippen molar-refractivity contribution in [2.75, 3.05) is 0 Å². The summed E-state index contributed by atoms with van der Waals surface area (Å²) in [5, 5.41) is 11.1. The fourth-order valence-corrected chi connectivity index (χ4v) is 8.13. The van der Waals surface area contributed by atoms with E-state index in [1.807, 2.05) is 12.1 Å². The first-order valence-corrected chi connectivity index (χ1v) is 15.9. The van der Waals surface area contributed by atoms with Gasteiger partial charge in [-0.2, -0.15) is 0 Å². The highest BCUT2D eigenvalue weighted by Crippen LogP contribution is 2.44. The summed E-state index contributed by atoms with van der Waals surface area (Å²) in [5.41, 5.74) is 15.1. The third-order valence-electron chi connectivity index (χ3n) is 10.8. The van der Waals surface area contributed by atoms with Gasteiger partial charge in [0.05, 0.1) is 0 Å². The van der Waals surface area contributed by atoms with Crippen molar-refractivity contribution in [3.8, 4) is 5.75 Å². The highest BCUT2D eigenvalue weighted by molar-refractivity contribution is 6.04. The van der Waals surface area contributed by atoms with Crippen molar-refractivity contribution < 1.29 is 9.90 Å². The van der Waals surface area contributed by atoms with E-state index >= 15 is 0 Å². The monoisotopic (exact) mass is 546 g/mol. The number of allylic oxidation sites excluding steroid dienone is 1. The minimum absolute atomic E-state index is 0.180. The van der Waals surface area contributed by atoms with E-state index in [1.165, 1.54) is 75.8 Å². The second-order valence-corrected chi connectivity index (χ2v) is 13.8. The zero-order valence-electron chi connectivity index (χ0n) is 25.9. The Hall–Kier alpha value is -3.13. The summed E-state index contributed by atoms with van der Waals surface area (Å²) in [5.74, 6) is 2.72. The molecule has 0 aromatic heterocycles. The van der Waals surface area contributed by atoms with Crippen LogP contribution >= 0.6 is 0 Å². The minimum atomic E-state index is 0.180. The van der Waals surface area contributed by atoms with Crippen LogP contribution in [0.4, 0.5) is 0 Å². The number of phenols is 1. The molecular weight excluding hydrogens is 500 g/mol. The van der Waals surface area contributed by atoms with Crippen molar-refractivity contribution in [2.24, 2.45) is 23.7 Å². The molecule has 0 radical (unpaired) electrons. The number of aromatic hydroxyl groups is 1. The lowest BCUT2D eigenvalue weighted by Gasteiger charge is -2.29. The van der Waals surface area contributed by atoms with Gasteiger partial charge in [0.25, 0.3) is 0 Å². The Bertz CT molecular complexity index is 1520. The average molecular weight is 547 g/mol. The summed E-state index contributed by atoms with van der Waals surface area (Å²) in [4.78, 5) is 13.5. The smallest absolute Gasteiger partial charge is 0.166 e. The van der Waals surface area contributed by atoms with Gasteiger partial charge in [-0.05, 0) is 152 Å². The van der Waals surface area contributed by atoms with Crippen LogP contribution in [0.25, 0.3) is 11.6 Å². The summed E-state index contributed by atoms with van der Waals surface area (Å²) < 4.78 is 0. The van der Waals surface area contributed by atoms with Gasteiger partial charge in [0, 0.05) is 17.0 Å².